The lowest BCUT2D eigenvalue weighted by Crippen LogP contribution is -2.42. The van der Waals surface area contributed by atoms with Crippen LogP contribution in [0, 0.1) is 5.41 Å². The normalized spacial score (nSPS) is 10.8. The van der Waals surface area contributed by atoms with Crippen LogP contribution >= 0.6 is 184 Å². The number of thioether (sulfide) groups is 3. The second-order valence-corrected chi connectivity index (χ2v) is 26.8. The summed E-state index contributed by atoms with van der Waals surface area (Å²) in [6.07, 6.45) is 10.8. The van der Waals surface area contributed by atoms with Crippen molar-refractivity contribution in [1.29, 1.82) is 0 Å². The molecule has 0 aliphatic rings. The lowest BCUT2D eigenvalue weighted by molar-refractivity contribution is -0.149. The van der Waals surface area contributed by atoms with Gasteiger partial charge >= 0.3 is 23.9 Å². The number of carbonyl (C=O) groups is 4. The van der Waals surface area contributed by atoms with E-state index in [0.717, 1.165) is 52.7 Å². The molecule has 0 aliphatic heterocycles. The fourth-order valence-electron chi connectivity index (χ4n) is 7.08. The molecule has 0 aromatic rings. The molecule has 0 aliphatic carbocycles. The number of esters is 4. The van der Waals surface area contributed by atoms with Crippen molar-refractivity contribution in [2.75, 3.05) is 187 Å². The molecule has 0 rings (SSSR count). The highest BCUT2D eigenvalue weighted by molar-refractivity contribution is 8.23. The van der Waals surface area contributed by atoms with E-state index in [0.29, 0.717) is 119 Å². The molecule has 0 atom stereocenters. The number of thiol groups is 4. The second kappa shape index (κ2) is 58.5. The van der Waals surface area contributed by atoms with Gasteiger partial charge in [-0.15, -0.1) is 35.3 Å². The summed E-state index contributed by atoms with van der Waals surface area (Å²) in [6.45, 7) is 10.7. The Morgan fingerprint density at radius 1 is 0.453 bits per heavy atom. The van der Waals surface area contributed by atoms with E-state index < -0.39 is 23.3 Å². The topological polar surface area (TPSA) is 179 Å². The standard InChI is InChI=1S/C40H69N5O10S12.C13H23NO2S3/c1-49-27-40(28-50-17-20-53-35(46)6-12-43(32(61)24-57)11-4-5-31(60)23-56,29-51-18-21-54-36(47)7-13-44(33(62)25-58)15-9-41-38(64)66-2)30-52-19-22-55-37(48)8-14-45(34(63)26-59)16-10-42-39(65)67-3;1-4-10-16-12(15)7-9-14(13(18)19-3)8-5-6-11(2)17/h56-59H,4-30H2,1-3H3,(H,41,64)(H,42,65);4-10H2,1-3H3. The Morgan fingerprint density at radius 2 is 0.814 bits per heavy atom. The van der Waals surface area contributed by atoms with Crippen LogP contribution in [0.2, 0.25) is 0 Å². The van der Waals surface area contributed by atoms with Crippen molar-refractivity contribution < 1.29 is 57.1 Å². The van der Waals surface area contributed by atoms with Gasteiger partial charge in [0.1, 0.15) is 32.8 Å². The number of nitrogens with zero attached hydrogens (tertiary/aromatic N) is 4. The van der Waals surface area contributed by atoms with Gasteiger partial charge in [0, 0.05) is 100 Å². The molecular weight excluding hydrogens is 1390 g/mol. The van der Waals surface area contributed by atoms with Gasteiger partial charge < -0.3 is 68.1 Å². The summed E-state index contributed by atoms with van der Waals surface area (Å²) in [6, 6.07) is 0. The highest BCUT2D eigenvalue weighted by Gasteiger charge is 2.32. The highest BCUT2D eigenvalue weighted by atomic mass is 32.2. The summed E-state index contributed by atoms with van der Waals surface area (Å²) in [4.78, 5) is 61.0. The van der Waals surface area contributed by atoms with Crippen molar-refractivity contribution in [3.8, 4) is 0 Å². The number of methoxy groups -OCH3 is 1. The smallest absolute Gasteiger partial charge is 0.307 e. The highest BCUT2D eigenvalue weighted by Crippen LogP contribution is 2.21. The lowest BCUT2D eigenvalue weighted by Gasteiger charge is -2.32. The Balaban J connectivity index is 0. The molecule has 0 spiro atoms. The molecule has 0 aromatic carbocycles. The predicted molar refractivity (Wildman–Crippen MR) is 403 cm³/mol. The molecule has 0 saturated carbocycles. The number of carbonyl (C=O) groups excluding carboxylic acids is 4. The minimum Gasteiger partial charge on any atom is -0.466 e. The number of hydrogen-bond acceptors (Lipinski definition) is 27. The van der Waals surface area contributed by atoms with E-state index >= 15 is 0 Å². The third-order valence-electron chi connectivity index (χ3n) is 11.5. The quantitative estimate of drug-likeness (QED) is 0.0113. The number of nitrogens with one attached hydrogen (secondary N) is 2. The van der Waals surface area contributed by atoms with E-state index in [1.54, 1.807) is 7.11 Å². The average Bonchev–Trinajstić information content (AvgIpc) is 3.72. The van der Waals surface area contributed by atoms with Crippen LogP contribution in [0.5, 0.6) is 0 Å². The van der Waals surface area contributed by atoms with Gasteiger partial charge in [-0.1, -0.05) is 105 Å². The summed E-state index contributed by atoms with van der Waals surface area (Å²) in [5, 5.41) is 6.27. The van der Waals surface area contributed by atoms with E-state index in [-0.39, 0.29) is 91.3 Å². The van der Waals surface area contributed by atoms with E-state index in [1.807, 2.05) is 47.3 Å². The first kappa shape index (κ1) is 87.8. The van der Waals surface area contributed by atoms with E-state index in [2.05, 4.69) is 66.0 Å². The Labute approximate surface area is 590 Å². The van der Waals surface area contributed by atoms with Crippen LogP contribution in [0.25, 0.3) is 0 Å². The van der Waals surface area contributed by atoms with Crippen molar-refractivity contribution >= 4 is 245 Å². The third kappa shape index (κ3) is 48.4. The average molecular weight is 1490 g/mol. The Kier molecular flexibility index (Phi) is 59.7. The SMILES string of the molecule is CCCOC(=O)CCN(CCCC(C)=S)C(=S)SC.COCC(COCCOC(=O)CCN(CCCC(=S)CS)C(=S)CS)(COCCOC(=O)CCN(CCNC(=S)SC)C(=S)CS)COCCOC(=O)CCN(CCNC(=S)SC)C(=S)CS. The third-order valence-corrected chi connectivity index (χ3v) is 19.1. The van der Waals surface area contributed by atoms with Crippen molar-refractivity contribution in [2.24, 2.45) is 5.41 Å². The molecule has 0 fully saturated rings. The molecule has 0 unspecified atom stereocenters. The summed E-state index contributed by atoms with van der Waals surface area (Å²) in [7, 11) is 1.54. The zero-order valence-electron chi connectivity index (χ0n) is 50.5. The number of hydrogen-bond donors (Lipinski definition) is 6. The molecule has 33 heteroatoms. The molecule has 0 amide bonds. The largest absolute Gasteiger partial charge is 0.466 e. The van der Waals surface area contributed by atoms with Gasteiger partial charge in [0.25, 0.3) is 0 Å². The van der Waals surface area contributed by atoms with Crippen molar-refractivity contribution in [3.05, 3.63) is 0 Å². The zero-order valence-corrected chi connectivity index (χ0v) is 63.1. The van der Waals surface area contributed by atoms with E-state index in [1.165, 1.54) is 35.3 Å². The van der Waals surface area contributed by atoms with E-state index in [4.69, 9.17) is 136 Å². The van der Waals surface area contributed by atoms with Crippen LogP contribution in [0.3, 0.4) is 0 Å². The number of rotatable bonds is 49. The van der Waals surface area contributed by atoms with Crippen molar-refractivity contribution in [1.82, 2.24) is 30.2 Å². The minimum atomic E-state index is -0.837. The summed E-state index contributed by atoms with van der Waals surface area (Å²) in [5.74, 6) is 0.326. The molecular formula is C53H92N6O12S15. The van der Waals surface area contributed by atoms with Crippen LogP contribution < -0.4 is 10.6 Å². The number of ether oxygens (including phenoxy) is 8. The van der Waals surface area contributed by atoms with Gasteiger partial charge in [-0.2, -0.15) is 50.5 Å². The maximum Gasteiger partial charge on any atom is 0.307 e. The maximum atomic E-state index is 12.7. The van der Waals surface area contributed by atoms with Gasteiger partial charge in [-0.05, 0) is 62.7 Å². The first-order chi connectivity index (χ1) is 41.1. The molecule has 0 bridgehead atoms. The molecule has 86 heavy (non-hydrogen) atoms. The van der Waals surface area contributed by atoms with Crippen LogP contribution in [0.4, 0.5) is 0 Å². The van der Waals surface area contributed by atoms with Gasteiger partial charge in [-0.3, -0.25) is 19.2 Å². The fourth-order valence-corrected chi connectivity index (χ4v) is 9.99. The predicted octanol–water partition coefficient (Wildman–Crippen LogP) is 8.15. The molecule has 0 saturated heterocycles. The molecule has 0 aromatic heterocycles. The fraction of sp³-hybridized carbons (Fsp3) is 0.774. The van der Waals surface area contributed by atoms with Crippen LogP contribution in [-0.2, 0) is 57.1 Å². The second-order valence-electron chi connectivity index (χ2n) is 18.5. The summed E-state index contributed by atoms with van der Waals surface area (Å²) in [5.41, 5.74) is -0.837. The Hall–Kier alpha value is -0.310. The van der Waals surface area contributed by atoms with Gasteiger partial charge in [-0.25, -0.2) is 0 Å². The minimum absolute atomic E-state index is 0.00715. The van der Waals surface area contributed by atoms with Crippen LogP contribution in [0.15, 0.2) is 0 Å². The van der Waals surface area contributed by atoms with Crippen LogP contribution in [-0.4, -0.2) is 268 Å². The monoisotopic (exact) mass is 1480 g/mol. The molecule has 18 nitrogen and oxygen atoms in total. The summed E-state index contributed by atoms with van der Waals surface area (Å²) < 4.78 is 47.2. The lowest BCUT2D eigenvalue weighted by atomic mass is 9.92. The first-order valence-electron chi connectivity index (χ1n) is 27.7. The molecule has 496 valence electrons. The number of thiocarbonyl (C=S) groups is 8. The Morgan fingerprint density at radius 3 is 1.15 bits per heavy atom. The first-order valence-corrected chi connectivity index (χ1v) is 37.2. The van der Waals surface area contributed by atoms with Gasteiger partial charge in [0.05, 0.1) is 98.9 Å². The zero-order chi connectivity index (χ0) is 65.0. The van der Waals surface area contributed by atoms with Crippen molar-refractivity contribution in [3.63, 3.8) is 0 Å². The molecule has 0 radical (unpaired) electrons. The molecule has 0 heterocycles. The summed E-state index contributed by atoms with van der Waals surface area (Å²) >= 11 is 63.9. The Bertz CT molecular complexity index is 1860. The van der Waals surface area contributed by atoms with Crippen LogP contribution in [0.1, 0.15) is 71.6 Å². The maximum absolute atomic E-state index is 12.7. The van der Waals surface area contributed by atoms with E-state index in [9.17, 15) is 19.2 Å². The van der Waals surface area contributed by atoms with Gasteiger partial charge in [0.15, 0.2) is 0 Å². The molecule has 2 N–H and O–H groups in total. The van der Waals surface area contributed by atoms with Crippen molar-refractivity contribution in [2.45, 2.75) is 71.6 Å². The van der Waals surface area contributed by atoms with Gasteiger partial charge in [0.2, 0.25) is 0 Å².